The van der Waals surface area contributed by atoms with Crippen molar-refractivity contribution in [3.8, 4) is 0 Å². The van der Waals surface area contributed by atoms with Crippen LogP contribution >= 0.6 is 0 Å². The third kappa shape index (κ3) is 146. The van der Waals surface area contributed by atoms with Crippen molar-refractivity contribution < 1.29 is 55.8 Å². The van der Waals surface area contributed by atoms with Crippen LogP contribution in [0.3, 0.4) is 0 Å². The second-order valence-corrected chi connectivity index (χ2v) is 4.78. The van der Waals surface area contributed by atoms with Crippen LogP contribution in [0.5, 0.6) is 0 Å². The third-order valence-electron chi connectivity index (χ3n) is 0.737. The fourth-order valence-electron chi connectivity index (χ4n) is 0.347. The molecule has 0 aromatic rings. The molecule has 0 radical (unpaired) electrons. The van der Waals surface area contributed by atoms with Gasteiger partial charge in [-0.05, 0) is 48.5 Å². The van der Waals surface area contributed by atoms with Crippen molar-refractivity contribution in [2.75, 3.05) is 13.2 Å². The molecule has 0 unspecified atom stereocenters. The molecule has 0 spiro atoms. The Morgan fingerprint density at radius 2 is 1.23 bits per heavy atom. The summed E-state index contributed by atoms with van der Waals surface area (Å²) in [6, 6.07) is 0. The van der Waals surface area contributed by atoms with Crippen molar-refractivity contribution >= 4 is 12.1 Å². The van der Waals surface area contributed by atoms with E-state index < -0.39 is 0 Å². The average molecular weight is 401 g/mol. The second-order valence-electron chi connectivity index (χ2n) is 4.78. The zero-order valence-electron chi connectivity index (χ0n) is 14.9. The van der Waals surface area contributed by atoms with E-state index in [1.54, 1.807) is 48.5 Å². The predicted molar refractivity (Wildman–Crippen MR) is 83.9 cm³/mol. The molecule has 0 amide bonds. The molecule has 134 valence electrons. The van der Waals surface area contributed by atoms with E-state index in [-0.39, 0.29) is 63.3 Å². The number of aliphatic hydroxyl groups is 3. The molecule has 0 heterocycles. The molecule has 0 rings (SSSR count). The molecule has 0 aliphatic rings. The quantitative estimate of drug-likeness (QED) is 0.474. The molecule has 6 nitrogen and oxygen atoms in total. The van der Waals surface area contributed by atoms with Crippen LogP contribution in [0.25, 0.3) is 0 Å². The number of carbonyl (C=O) groups is 1. The van der Waals surface area contributed by atoms with Crippen LogP contribution in [0, 0.1) is 0 Å². The third-order valence-corrected chi connectivity index (χ3v) is 0.737. The van der Waals surface area contributed by atoms with Gasteiger partial charge in [-0.1, -0.05) is 6.42 Å². The number of carbonyl (C=O) groups excluding carboxylic acids is 2. The molecule has 0 aliphatic carbocycles. The van der Waals surface area contributed by atoms with Crippen LogP contribution in [-0.2, 0) is 40.5 Å². The maximum absolute atomic E-state index is 10.4. The van der Waals surface area contributed by atoms with E-state index in [2.05, 4.69) is 0 Å². The Bertz CT molecular complexity index is 186. The predicted octanol–water partition coefficient (Wildman–Crippen LogP) is 1.25. The van der Waals surface area contributed by atoms with Gasteiger partial charge < -0.3 is 24.9 Å². The van der Waals surface area contributed by atoms with Crippen LogP contribution in [0.2, 0.25) is 0 Å². The van der Waals surface area contributed by atoms with E-state index in [4.69, 9.17) is 20.1 Å². The number of Topliss-reactive ketones (excluding diaryl/α,β-unsaturated/α-hetero) is 1. The molecular formula is C15H33O6Zr-. The summed E-state index contributed by atoms with van der Waals surface area (Å²) in [5.41, 5.74) is 0. The van der Waals surface area contributed by atoms with Crippen LogP contribution in [0.4, 0.5) is 0 Å². The van der Waals surface area contributed by atoms with E-state index in [1.165, 1.54) is 6.29 Å². The molecule has 0 atom stereocenters. The van der Waals surface area contributed by atoms with E-state index in [0.29, 0.717) is 6.61 Å². The zero-order valence-corrected chi connectivity index (χ0v) is 17.4. The smallest absolute Gasteiger partial charge is 0.132 e. The number of rotatable bonds is 5. The van der Waals surface area contributed by atoms with Crippen LogP contribution < -0.4 is 0 Å². The Balaban J connectivity index is -0.0000000632. The molecule has 0 aromatic heterocycles. The van der Waals surface area contributed by atoms with Crippen molar-refractivity contribution in [2.24, 2.45) is 0 Å². The Labute approximate surface area is 154 Å². The number of hydrogen-bond donors (Lipinski definition) is 3. The van der Waals surface area contributed by atoms with Crippen molar-refractivity contribution in [1.29, 1.82) is 0 Å². The summed E-state index contributed by atoms with van der Waals surface area (Å²) in [4.78, 5) is 20.0. The topological polar surface area (TPSA) is 104 Å². The summed E-state index contributed by atoms with van der Waals surface area (Å²) >= 11 is 0. The van der Waals surface area contributed by atoms with Gasteiger partial charge in [-0.3, -0.25) is 11.1 Å². The van der Waals surface area contributed by atoms with Gasteiger partial charge in [0.25, 0.3) is 0 Å². The van der Waals surface area contributed by atoms with Crippen molar-refractivity contribution in [3.05, 3.63) is 0 Å². The van der Waals surface area contributed by atoms with Gasteiger partial charge in [0.1, 0.15) is 12.4 Å². The summed E-state index contributed by atoms with van der Waals surface area (Å²) in [6.45, 7) is 12.7. The first-order valence-electron chi connectivity index (χ1n) is 6.99. The number of hydrogen-bond acceptors (Lipinski definition) is 6. The van der Waals surface area contributed by atoms with Gasteiger partial charge in [-0.25, -0.2) is 0 Å². The van der Waals surface area contributed by atoms with Crippen LogP contribution in [0.15, 0.2) is 0 Å². The van der Waals surface area contributed by atoms with Gasteiger partial charge in [0.15, 0.2) is 0 Å². The minimum absolute atomic E-state index is 0. The van der Waals surface area contributed by atoms with Crippen LogP contribution in [-0.4, -0.2) is 58.9 Å². The van der Waals surface area contributed by atoms with E-state index in [1.807, 2.05) is 0 Å². The average Bonchev–Trinajstić information content (AvgIpc) is 2.24. The van der Waals surface area contributed by atoms with Gasteiger partial charge in [0.2, 0.25) is 0 Å². The molecule has 7 heteroatoms. The Morgan fingerprint density at radius 1 is 0.955 bits per heavy atom. The Kier molecular flexibility index (Phi) is 44.5. The molecule has 0 saturated carbocycles. The van der Waals surface area contributed by atoms with Crippen LogP contribution in [0.1, 0.15) is 54.9 Å². The van der Waals surface area contributed by atoms with Crippen molar-refractivity contribution in [2.45, 2.75) is 73.2 Å². The molecule has 0 bridgehead atoms. The molecular weight excluding hydrogens is 367 g/mol. The van der Waals surface area contributed by atoms with Crippen molar-refractivity contribution in [3.63, 3.8) is 0 Å². The first-order valence-corrected chi connectivity index (χ1v) is 6.99. The molecule has 0 saturated heterocycles. The number of ketones is 1. The summed E-state index contributed by atoms with van der Waals surface area (Å²) in [7, 11) is 0. The first kappa shape index (κ1) is 33.6. The SMILES string of the molecule is CC(C)O.CC(C)O.CC(C)O.CCOCC(=O)C[C-]=O.[Zr]. The van der Waals surface area contributed by atoms with E-state index in [9.17, 15) is 9.59 Å². The fraction of sp³-hybridized carbons (Fsp3) is 0.867. The van der Waals surface area contributed by atoms with Gasteiger partial charge in [0.05, 0.1) is 0 Å². The largest absolute Gasteiger partial charge is 0.541 e. The maximum Gasteiger partial charge on any atom is 0.132 e. The number of ether oxygens (including phenoxy) is 1. The Hall–Kier alpha value is 0.0631. The molecule has 0 fully saturated rings. The first-order chi connectivity index (χ1) is 9.50. The van der Waals surface area contributed by atoms with E-state index >= 15 is 0 Å². The van der Waals surface area contributed by atoms with Gasteiger partial charge in [-0.15, -0.1) is 0 Å². The summed E-state index contributed by atoms with van der Waals surface area (Å²) < 4.78 is 4.72. The zero-order chi connectivity index (χ0) is 17.8. The molecule has 3 N–H and O–H groups in total. The fourth-order valence-corrected chi connectivity index (χ4v) is 0.347. The standard InChI is InChI=1S/C6H9O3.3C3H8O.Zr/c1-2-9-5-6(8)3-4-7;3*1-3(2)4;/h2-3,5H2,1H3;3*3-4H,1-2H3;/q-1;;;;. The van der Waals surface area contributed by atoms with E-state index in [0.717, 1.165) is 0 Å². The van der Waals surface area contributed by atoms with Gasteiger partial charge >= 0.3 is 0 Å². The monoisotopic (exact) mass is 399 g/mol. The number of aliphatic hydroxyl groups excluding tert-OH is 3. The second kappa shape index (κ2) is 29.1. The summed E-state index contributed by atoms with van der Waals surface area (Å²) in [5, 5.41) is 24.2. The van der Waals surface area contributed by atoms with Gasteiger partial charge in [-0.2, -0.15) is 0 Å². The molecule has 0 aromatic carbocycles. The maximum atomic E-state index is 10.4. The molecule has 0 aliphatic heterocycles. The Morgan fingerprint density at radius 3 is 1.41 bits per heavy atom. The summed E-state index contributed by atoms with van der Waals surface area (Å²) in [5.74, 6) is -0.216. The summed E-state index contributed by atoms with van der Waals surface area (Å²) in [6.07, 6.45) is 0.844. The minimum atomic E-state index is -0.216. The van der Waals surface area contributed by atoms with Gasteiger partial charge in [0, 0.05) is 51.1 Å². The van der Waals surface area contributed by atoms with Crippen molar-refractivity contribution in [1.82, 2.24) is 0 Å². The molecule has 22 heavy (non-hydrogen) atoms. The normalized spacial score (nSPS) is 8.59. The minimum Gasteiger partial charge on any atom is -0.541 e.